The maximum Gasteiger partial charge on any atom is 0.203 e. The number of hydrogen-bond donors (Lipinski definition) is 0. The highest BCUT2D eigenvalue weighted by atomic mass is 15.3. The van der Waals surface area contributed by atoms with Gasteiger partial charge < -0.3 is 0 Å². The number of aryl methyl sites for hydroxylation is 2. The van der Waals surface area contributed by atoms with Crippen LogP contribution in [0.25, 0.3) is 22.8 Å². The van der Waals surface area contributed by atoms with Crippen molar-refractivity contribution in [3.63, 3.8) is 0 Å². The van der Waals surface area contributed by atoms with Gasteiger partial charge in [-0.05, 0) is 25.0 Å². The van der Waals surface area contributed by atoms with Gasteiger partial charge in [-0.1, -0.05) is 48.5 Å². The molecule has 20 heavy (non-hydrogen) atoms. The first-order chi connectivity index (χ1) is 9.75. The van der Waals surface area contributed by atoms with E-state index < -0.39 is 0 Å². The molecule has 0 unspecified atom stereocenters. The molecule has 0 aliphatic rings. The number of nitrogens with zero attached hydrogens (tertiary/aromatic N) is 4. The maximum atomic E-state index is 4.20. The molecule has 0 saturated heterocycles. The average Bonchev–Trinajstić information content (AvgIpc) is 2.49. The summed E-state index contributed by atoms with van der Waals surface area (Å²) in [5.41, 5.74) is 4.15. The molecule has 4 nitrogen and oxygen atoms in total. The van der Waals surface area contributed by atoms with E-state index in [2.05, 4.69) is 20.4 Å². The number of rotatable bonds is 2. The summed E-state index contributed by atoms with van der Waals surface area (Å²) in [6.45, 7) is 4.04. The highest BCUT2D eigenvalue weighted by Crippen LogP contribution is 2.20. The number of benzene rings is 2. The third-order valence-corrected chi connectivity index (χ3v) is 3.25. The topological polar surface area (TPSA) is 51.6 Å². The van der Waals surface area contributed by atoms with E-state index in [-0.39, 0.29) is 0 Å². The van der Waals surface area contributed by atoms with Gasteiger partial charge in [-0.2, -0.15) is 0 Å². The molecule has 0 fully saturated rings. The van der Waals surface area contributed by atoms with Crippen LogP contribution in [0.5, 0.6) is 0 Å². The number of aromatic nitrogens is 4. The molecular formula is C16H14N4. The lowest BCUT2D eigenvalue weighted by Crippen LogP contribution is -2.01. The van der Waals surface area contributed by atoms with E-state index in [1.54, 1.807) is 0 Å². The van der Waals surface area contributed by atoms with Crippen LogP contribution in [0.2, 0.25) is 0 Å². The zero-order valence-electron chi connectivity index (χ0n) is 11.4. The van der Waals surface area contributed by atoms with Crippen LogP contribution in [0.15, 0.2) is 48.5 Å². The van der Waals surface area contributed by atoms with E-state index >= 15 is 0 Å². The Bertz CT molecular complexity index is 671. The molecule has 0 atom stereocenters. The molecule has 0 radical (unpaired) electrons. The molecule has 1 heterocycles. The van der Waals surface area contributed by atoms with Crippen LogP contribution in [0.1, 0.15) is 11.1 Å². The quantitative estimate of drug-likeness (QED) is 0.711. The lowest BCUT2D eigenvalue weighted by atomic mass is 10.1. The summed E-state index contributed by atoms with van der Waals surface area (Å²) in [6.07, 6.45) is 0. The third kappa shape index (κ3) is 2.28. The zero-order chi connectivity index (χ0) is 13.9. The van der Waals surface area contributed by atoms with Crippen molar-refractivity contribution in [1.82, 2.24) is 20.4 Å². The van der Waals surface area contributed by atoms with Crippen LogP contribution in [0.4, 0.5) is 0 Å². The summed E-state index contributed by atoms with van der Waals surface area (Å²) in [5.74, 6) is 1.11. The molecular weight excluding hydrogens is 248 g/mol. The van der Waals surface area contributed by atoms with Gasteiger partial charge in [0.2, 0.25) is 11.6 Å². The van der Waals surface area contributed by atoms with Gasteiger partial charge in [-0.25, -0.2) is 0 Å². The lowest BCUT2D eigenvalue weighted by molar-refractivity contribution is 0.874. The first-order valence-corrected chi connectivity index (χ1v) is 6.45. The fourth-order valence-electron chi connectivity index (χ4n) is 2.09. The van der Waals surface area contributed by atoms with Gasteiger partial charge in [0.15, 0.2) is 0 Å². The van der Waals surface area contributed by atoms with E-state index in [0.717, 1.165) is 22.3 Å². The minimum absolute atomic E-state index is 0.556. The Morgan fingerprint density at radius 2 is 0.900 bits per heavy atom. The standard InChI is InChI=1S/C16H14N4/c1-11-7-3-5-9-13(11)15-17-19-16(20-18-15)14-10-6-4-8-12(14)2/h3-10H,1-2H3. The molecule has 3 aromatic rings. The summed E-state index contributed by atoms with van der Waals surface area (Å²) >= 11 is 0. The van der Waals surface area contributed by atoms with Gasteiger partial charge in [0.25, 0.3) is 0 Å². The van der Waals surface area contributed by atoms with Gasteiger partial charge in [0, 0.05) is 11.1 Å². The first-order valence-electron chi connectivity index (χ1n) is 6.45. The van der Waals surface area contributed by atoms with Crippen LogP contribution in [-0.2, 0) is 0 Å². The largest absolute Gasteiger partial charge is 0.203 e. The monoisotopic (exact) mass is 262 g/mol. The molecule has 0 spiro atoms. The molecule has 0 N–H and O–H groups in total. The van der Waals surface area contributed by atoms with Crippen LogP contribution < -0.4 is 0 Å². The summed E-state index contributed by atoms with van der Waals surface area (Å²) < 4.78 is 0. The molecule has 3 rings (SSSR count). The minimum Gasteiger partial charge on any atom is -0.126 e. The SMILES string of the molecule is Cc1ccccc1-c1nnc(-c2ccccc2C)nn1. The third-order valence-electron chi connectivity index (χ3n) is 3.25. The van der Waals surface area contributed by atoms with Crippen LogP contribution in [-0.4, -0.2) is 20.4 Å². The lowest BCUT2D eigenvalue weighted by Gasteiger charge is -2.04. The zero-order valence-corrected chi connectivity index (χ0v) is 11.4. The molecule has 0 aliphatic carbocycles. The fraction of sp³-hybridized carbons (Fsp3) is 0.125. The second-order valence-corrected chi connectivity index (χ2v) is 4.68. The van der Waals surface area contributed by atoms with Crippen molar-refractivity contribution >= 4 is 0 Å². The van der Waals surface area contributed by atoms with Crippen LogP contribution >= 0.6 is 0 Å². The molecule has 0 bridgehead atoms. The molecule has 0 aliphatic heterocycles. The van der Waals surface area contributed by atoms with Crippen molar-refractivity contribution in [2.24, 2.45) is 0 Å². The van der Waals surface area contributed by atoms with Crippen molar-refractivity contribution in [1.29, 1.82) is 0 Å². The second kappa shape index (κ2) is 5.17. The van der Waals surface area contributed by atoms with Crippen molar-refractivity contribution in [3.05, 3.63) is 59.7 Å². The van der Waals surface area contributed by atoms with Crippen molar-refractivity contribution < 1.29 is 0 Å². The first kappa shape index (κ1) is 12.4. The Kier molecular flexibility index (Phi) is 3.21. The Balaban J connectivity index is 2.01. The average molecular weight is 262 g/mol. The maximum absolute atomic E-state index is 4.20. The van der Waals surface area contributed by atoms with Crippen molar-refractivity contribution in [2.75, 3.05) is 0 Å². The Morgan fingerprint density at radius 3 is 1.25 bits per heavy atom. The van der Waals surface area contributed by atoms with E-state index in [9.17, 15) is 0 Å². The summed E-state index contributed by atoms with van der Waals surface area (Å²) in [5, 5.41) is 16.8. The van der Waals surface area contributed by atoms with E-state index in [1.165, 1.54) is 0 Å². The van der Waals surface area contributed by atoms with Crippen molar-refractivity contribution in [3.8, 4) is 22.8 Å². The van der Waals surface area contributed by atoms with E-state index in [4.69, 9.17) is 0 Å². The second-order valence-electron chi connectivity index (χ2n) is 4.68. The van der Waals surface area contributed by atoms with E-state index in [0.29, 0.717) is 11.6 Å². The highest BCUT2D eigenvalue weighted by Gasteiger charge is 2.09. The van der Waals surface area contributed by atoms with Gasteiger partial charge >= 0.3 is 0 Å². The normalized spacial score (nSPS) is 10.5. The smallest absolute Gasteiger partial charge is 0.126 e. The molecule has 0 amide bonds. The van der Waals surface area contributed by atoms with Crippen LogP contribution in [0.3, 0.4) is 0 Å². The van der Waals surface area contributed by atoms with Gasteiger partial charge in [-0.3, -0.25) is 0 Å². The molecule has 1 aromatic heterocycles. The summed E-state index contributed by atoms with van der Waals surface area (Å²) in [6, 6.07) is 15.9. The molecule has 98 valence electrons. The minimum atomic E-state index is 0.556. The Labute approximate surface area is 117 Å². The van der Waals surface area contributed by atoms with Gasteiger partial charge in [0.1, 0.15) is 0 Å². The summed E-state index contributed by atoms with van der Waals surface area (Å²) in [4.78, 5) is 0. The van der Waals surface area contributed by atoms with Crippen LogP contribution in [0, 0.1) is 13.8 Å². The van der Waals surface area contributed by atoms with Gasteiger partial charge in [0.05, 0.1) is 0 Å². The molecule has 4 heteroatoms. The predicted molar refractivity (Wildman–Crippen MR) is 78.0 cm³/mol. The number of hydrogen-bond acceptors (Lipinski definition) is 4. The molecule has 0 saturated carbocycles. The van der Waals surface area contributed by atoms with Gasteiger partial charge in [-0.15, -0.1) is 20.4 Å². The summed E-state index contributed by atoms with van der Waals surface area (Å²) in [7, 11) is 0. The fourth-order valence-corrected chi connectivity index (χ4v) is 2.09. The van der Waals surface area contributed by atoms with E-state index in [1.807, 2.05) is 62.4 Å². The van der Waals surface area contributed by atoms with Crippen molar-refractivity contribution in [2.45, 2.75) is 13.8 Å². The Morgan fingerprint density at radius 1 is 0.550 bits per heavy atom. The highest BCUT2D eigenvalue weighted by molar-refractivity contribution is 5.61. The molecule has 2 aromatic carbocycles. The predicted octanol–water partition coefficient (Wildman–Crippen LogP) is 3.22. The Hall–Kier alpha value is -2.62.